The van der Waals surface area contributed by atoms with Gasteiger partial charge in [-0.05, 0) is 30.0 Å². The van der Waals surface area contributed by atoms with E-state index in [0.717, 1.165) is 48.9 Å². The fraction of sp³-hybridized carbons (Fsp3) is 0.269. The van der Waals surface area contributed by atoms with Crippen LogP contribution in [0.2, 0.25) is 0 Å². The molecule has 0 spiro atoms. The Kier molecular flexibility index (Phi) is 6.78. The number of hydrogen-bond acceptors (Lipinski definition) is 8. The minimum absolute atomic E-state index is 0.106. The summed E-state index contributed by atoms with van der Waals surface area (Å²) in [4.78, 5) is 24.4. The molecule has 0 amide bonds. The van der Waals surface area contributed by atoms with Crippen LogP contribution in [0.1, 0.15) is 36.7 Å². The molecule has 186 valence electrons. The van der Waals surface area contributed by atoms with Crippen molar-refractivity contribution in [2.45, 2.75) is 31.1 Å². The molecule has 36 heavy (non-hydrogen) atoms. The SMILES string of the molecule is CN/C(Nc1cncc(C(C)(F)F)n1)=C(\C=N)c1ccc(-c2ccc(C3(C(=O)OC)CC3)cc2)cn1. The van der Waals surface area contributed by atoms with E-state index in [-0.39, 0.29) is 11.8 Å². The van der Waals surface area contributed by atoms with Gasteiger partial charge in [0.15, 0.2) is 5.82 Å². The van der Waals surface area contributed by atoms with Gasteiger partial charge >= 0.3 is 5.97 Å². The van der Waals surface area contributed by atoms with Gasteiger partial charge < -0.3 is 20.8 Å². The normalized spacial score (nSPS) is 14.9. The standard InChI is InChI=1S/C26H26F2N6O2/c1-25(27,28)21-14-31-15-22(33-21)34-23(30-2)19(12-29)20-9-6-17(13-32-20)16-4-7-18(8-5-16)26(10-11-26)24(35)36-3/h4-9,12-15,29-30H,10-11H2,1-3H3,(H,33,34)/b23-19-,29-12?. The van der Waals surface area contributed by atoms with E-state index in [1.54, 1.807) is 19.3 Å². The molecule has 2 heterocycles. The molecule has 1 saturated carbocycles. The highest BCUT2D eigenvalue weighted by Gasteiger charge is 2.52. The van der Waals surface area contributed by atoms with Crippen molar-refractivity contribution in [1.29, 1.82) is 5.41 Å². The predicted molar refractivity (Wildman–Crippen MR) is 133 cm³/mol. The van der Waals surface area contributed by atoms with Gasteiger partial charge in [-0.2, -0.15) is 8.78 Å². The van der Waals surface area contributed by atoms with Crippen LogP contribution in [-0.2, 0) is 20.9 Å². The molecule has 3 aromatic rings. The number of pyridine rings is 1. The first-order valence-electron chi connectivity index (χ1n) is 11.3. The molecule has 1 aliphatic carbocycles. The smallest absolute Gasteiger partial charge is 0.316 e. The summed E-state index contributed by atoms with van der Waals surface area (Å²) in [6.07, 6.45) is 6.70. The van der Waals surface area contributed by atoms with Gasteiger partial charge in [-0.15, -0.1) is 0 Å². The Labute approximate surface area is 207 Å². The second kappa shape index (κ2) is 9.80. The number of hydrogen-bond donors (Lipinski definition) is 3. The molecule has 10 heteroatoms. The number of alkyl halides is 2. The molecular formula is C26H26F2N6O2. The summed E-state index contributed by atoms with van der Waals surface area (Å²) < 4.78 is 32.2. The summed E-state index contributed by atoms with van der Waals surface area (Å²) in [6, 6.07) is 11.4. The van der Waals surface area contributed by atoms with E-state index in [2.05, 4.69) is 25.6 Å². The fourth-order valence-electron chi connectivity index (χ4n) is 3.94. The van der Waals surface area contributed by atoms with Gasteiger partial charge in [0.2, 0.25) is 0 Å². The van der Waals surface area contributed by atoms with Crippen LogP contribution in [0.5, 0.6) is 0 Å². The molecule has 0 atom stereocenters. The van der Waals surface area contributed by atoms with Gasteiger partial charge in [0.25, 0.3) is 5.92 Å². The van der Waals surface area contributed by atoms with Crippen molar-refractivity contribution in [2.75, 3.05) is 19.5 Å². The zero-order valence-electron chi connectivity index (χ0n) is 20.1. The molecule has 0 radical (unpaired) electrons. The van der Waals surface area contributed by atoms with Crippen LogP contribution in [0, 0.1) is 5.41 Å². The highest BCUT2D eigenvalue weighted by atomic mass is 19.3. The number of halogens is 2. The maximum atomic E-state index is 13.6. The van der Waals surface area contributed by atoms with Gasteiger partial charge in [-0.3, -0.25) is 14.8 Å². The number of nitrogens with one attached hydrogen (secondary N) is 3. The molecule has 0 aliphatic heterocycles. The van der Waals surface area contributed by atoms with Gasteiger partial charge in [0, 0.05) is 31.9 Å². The Hall–Kier alpha value is -4.21. The summed E-state index contributed by atoms with van der Waals surface area (Å²) in [5.41, 5.74) is 2.64. The van der Waals surface area contributed by atoms with Crippen molar-refractivity contribution in [3.8, 4) is 11.1 Å². The number of ether oxygens (including phenoxy) is 1. The van der Waals surface area contributed by atoms with Crippen molar-refractivity contribution in [3.05, 3.63) is 77.8 Å². The first-order chi connectivity index (χ1) is 17.2. The van der Waals surface area contributed by atoms with E-state index in [0.29, 0.717) is 17.1 Å². The van der Waals surface area contributed by atoms with E-state index >= 15 is 0 Å². The van der Waals surface area contributed by atoms with Crippen LogP contribution >= 0.6 is 0 Å². The Bertz CT molecular complexity index is 1300. The van der Waals surface area contributed by atoms with Crippen molar-refractivity contribution in [3.63, 3.8) is 0 Å². The summed E-state index contributed by atoms with van der Waals surface area (Å²) in [6.45, 7) is 0.751. The number of methoxy groups -OCH3 is 1. The molecule has 0 unspecified atom stereocenters. The molecule has 0 bridgehead atoms. The van der Waals surface area contributed by atoms with E-state index in [1.807, 2.05) is 30.3 Å². The summed E-state index contributed by atoms with van der Waals surface area (Å²) >= 11 is 0. The molecule has 1 fully saturated rings. The monoisotopic (exact) mass is 492 g/mol. The maximum Gasteiger partial charge on any atom is 0.316 e. The number of carbonyl (C=O) groups is 1. The Morgan fingerprint density at radius 3 is 2.33 bits per heavy atom. The Balaban J connectivity index is 1.57. The third-order valence-electron chi connectivity index (χ3n) is 6.14. The molecule has 1 aliphatic rings. The Morgan fingerprint density at radius 1 is 1.11 bits per heavy atom. The van der Waals surface area contributed by atoms with Gasteiger partial charge in [0.05, 0.1) is 36.2 Å². The van der Waals surface area contributed by atoms with Crippen LogP contribution in [0.4, 0.5) is 14.6 Å². The fourth-order valence-corrected chi connectivity index (χ4v) is 3.94. The molecule has 1 aromatic carbocycles. The zero-order valence-corrected chi connectivity index (χ0v) is 20.1. The van der Waals surface area contributed by atoms with Gasteiger partial charge in [-0.1, -0.05) is 30.3 Å². The second-order valence-electron chi connectivity index (χ2n) is 8.57. The average Bonchev–Trinajstić information content (AvgIpc) is 3.70. The number of nitrogens with zero attached hydrogens (tertiary/aromatic N) is 3. The average molecular weight is 493 g/mol. The van der Waals surface area contributed by atoms with E-state index in [4.69, 9.17) is 10.1 Å². The molecular weight excluding hydrogens is 466 g/mol. The zero-order chi connectivity index (χ0) is 25.9. The van der Waals surface area contributed by atoms with Crippen LogP contribution in [-0.4, -0.2) is 41.3 Å². The summed E-state index contributed by atoms with van der Waals surface area (Å²) in [7, 11) is 3.04. The molecule has 3 N–H and O–H groups in total. The van der Waals surface area contributed by atoms with Crippen LogP contribution in [0.15, 0.2) is 60.8 Å². The van der Waals surface area contributed by atoms with Crippen molar-refractivity contribution in [2.24, 2.45) is 0 Å². The predicted octanol–water partition coefficient (Wildman–Crippen LogP) is 4.50. The lowest BCUT2D eigenvalue weighted by atomic mass is 9.94. The number of allylic oxidation sites excluding steroid dienone is 1. The number of rotatable bonds is 9. The van der Waals surface area contributed by atoms with Crippen molar-refractivity contribution < 1.29 is 18.3 Å². The Morgan fingerprint density at radius 2 is 1.81 bits per heavy atom. The maximum absolute atomic E-state index is 13.6. The second-order valence-corrected chi connectivity index (χ2v) is 8.57. The third-order valence-corrected chi connectivity index (χ3v) is 6.14. The van der Waals surface area contributed by atoms with Gasteiger partial charge in [0.1, 0.15) is 11.5 Å². The van der Waals surface area contributed by atoms with Crippen molar-refractivity contribution in [1.82, 2.24) is 20.3 Å². The lowest BCUT2D eigenvalue weighted by Gasteiger charge is -2.16. The lowest BCUT2D eigenvalue weighted by Crippen LogP contribution is -2.21. The van der Waals surface area contributed by atoms with E-state index in [9.17, 15) is 13.6 Å². The number of aromatic nitrogens is 3. The van der Waals surface area contributed by atoms with E-state index in [1.165, 1.54) is 13.3 Å². The molecule has 4 rings (SSSR count). The molecule has 8 nitrogen and oxygen atoms in total. The summed E-state index contributed by atoms with van der Waals surface area (Å²) in [5, 5.41) is 13.7. The van der Waals surface area contributed by atoms with Gasteiger partial charge in [-0.25, -0.2) is 4.98 Å². The van der Waals surface area contributed by atoms with Crippen molar-refractivity contribution >= 4 is 23.6 Å². The first kappa shape index (κ1) is 24.9. The minimum atomic E-state index is -3.13. The number of benzene rings is 1. The third kappa shape index (κ3) is 4.93. The highest BCUT2D eigenvalue weighted by Crippen LogP contribution is 2.49. The lowest BCUT2D eigenvalue weighted by molar-refractivity contribution is -0.143. The largest absolute Gasteiger partial charge is 0.468 e. The van der Waals surface area contributed by atoms with Crippen LogP contribution < -0.4 is 10.6 Å². The molecule has 0 saturated heterocycles. The first-order valence-corrected chi connectivity index (χ1v) is 11.3. The molecule has 2 aromatic heterocycles. The quantitative estimate of drug-likeness (QED) is 0.298. The highest BCUT2D eigenvalue weighted by molar-refractivity contribution is 6.09. The number of anilines is 1. The van der Waals surface area contributed by atoms with Crippen LogP contribution in [0.3, 0.4) is 0 Å². The summed E-state index contributed by atoms with van der Waals surface area (Å²) in [5.74, 6) is -2.87. The number of esters is 1. The minimum Gasteiger partial charge on any atom is -0.468 e. The van der Waals surface area contributed by atoms with E-state index < -0.39 is 17.0 Å². The topological polar surface area (TPSA) is 113 Å². The number of carbonyl (C=O) groups excluding carboxylic acids is 1. The van der Waals surface area contributed by atoms with Crippen LogP contribution in [0.25, 0.3) is 16.7 Å².